The number of amides is 2. The third-order valence-electron chi connectivity index (χ3n) is 4.68. The number of piperazine rings is 1. The van der Waals surface area contributed by atoms with Crippen LogP contribution in [0.25, 0.3) is 6.08 Å². The van der Waals surface area contributed by atoms with Crippen molar-refractivity contribution in [3.63, 3.8) is 0 Å². The van der Waals surface area contributed by atoms with Crippen LogP contribution in [0, 0.1) is 0 Å². The van der Waals surface area contributed by atoms with Crippen molar-refractivity contribution in [3.8, 4) is 0 Å². The molecule has 6 nitrogen and oxygen atoms in total. The highest BCUT2D eigenvalue weighted by atomic mass is 32.1. The van der Waals surface area contributed by atoms with E-state index in [0.717, 1.165) is 30.0 Å². The molecule has 2 amide bonds. The smallest absolute Gasteiger partial charge is 0.250 e. The Hall–Kier alpha value is -3.19. The molecule has 2 aromatic rings. The number of nitrogens with one attached hydrogen (secondary N) is 2. The van der Waals surface area contributed by atoms with Gasteiger partial charge in [0, 0.05) is 39.2 Å². The number of rotatable bonds is 4. The van der Waals surface area contributed by atoms with Gasteiger partial charge in [-0.2, -0.15) is 0 Å². The van der Waals surface area contributed by atoms with E-state index >= 15 is 0 Å². The Kier molecular flexibility index (Phi) is 6.97. The molecule has 1 aliphatic rings. The summed E-state index contributed by atoms with van der Waals surface area (Å²) in [7, 11) is 0. The lowest BCUT2D eigenvalue weighted by Gasteiger charge is -2.36. The molecule has 0 bridgehead atoms. The summed E-state index contributed by atoms with van der Waals surface area (Å²) in [6, 6.07) is 17.4. The van der Waals surface area contributed by atoms with E-state index in [0.29, 0.717) is 13.1 Å². The minimum Gasteiger partial charge on any atom is -0.366 e. The summed E-state index contributed by atoms with van der Waals surface area (Å²) in [6.07, 6.45) is 3.19. The van der Waals surface area contributed by atoms with Crippen molar-refractivity contribution in [2.24, 2.45) is 0 Å². The summed E-state index contributed by atoms with van der Waals surface area (Å²) in [6.45, 7) is 4.47. The second kappa shape index (κ2) is 9.84. The fraction of sp³-hybridized carbons (Fsp3) is 0.227. The number of anilines is 2. The summed E-state index contributed by atoms with van der Waals surface area (Å²) in [4.78, 5) is 27.7. The van der Waals surface area contributed by atoms with E-state index in [4.69, 9.17) is 12.2 Å². The van der Waals surface area contributed by atoms with Crippen LogP contribution in [0.2, 0.25) is 0 Å². The topological polar surface area (TPSA) is 64.7 Å². The molecule has 0 atom stereocenters. The van der Waals surface area contributed by atoms with Gasteiger partial charge in [-0.3, -0.25) is 14.9 Å². The van der Waals surface area contributed by atoms with Gasteiger partial charge in [0.25, 0.3) is 0 Å². The fourth-order valence-corrected chi connectivity index (χ4v) is 3.37. The first kappa shape index (κ1) is 20.5. The third kappa shape index (κ3) is 5.89. The Bertz CT molecular complexity index is 906. The third-order valence-corrected chi connectivity index (χ3v) is 4.89. The fourth-order valence-electron chi connectivity index (χ4n) is 3.16. The first-order valence-corrected chi connectivity index (χ1v) is 9.88. The van der Waals surface area contributed by atoms with Crippen molar-refractivity contribution < 1.29 is 9.59 Å². The first-order chi connectivity index (χ1) is 14.0. The van der Waals surface area contributed by atoms with E-state index in [1.165, 1.54) is 6.08 Å². The van der Waals surface area contributed by atoms with Crippen molar-refractivity contribution in [2.45, 2.75) is 6.92 Å². The molecule has 0 aliphatic carbocycles. The predicted molar refractivity (Wildman–Crippen MR) is 121 cm³/mol. The second-order valence-corrected chi connectivity index (χ2v) is 7.11. The molecule has 2 aromatic carbocycles. The van der Waals surface area contributed by atoms with E-state index in [1.54, 1.807) is 13.0 Å². The van der Waals surface area contributed by atoms with Crippen LogP contribution in [-0.2, 0) is 9.59 Å². The molecular weight excluding hydrogens is 384 g/mol. The van der Waals surface area contributed by atoms with Gasteiger partial charge < -0.3 is 15.1 Å². The van der Waals surface area contributed by atoms with Gasteiger partial charge >= 0.3 is 0 Å². The van der Waals surface area contributed by atoms with Crippen molar-refractivity contribution in [1.29, 1.82) is 0 Å². The second-order valence-electron chi connectivity index (χ2n) is 6.70. The van der Waals surface area contributed by atoms with E-state index in [1.807, 2.05) is 59.5 Å². The Morgan fingerprint density at radius 2 is 1.62 bits per heavy atom. The maximum absolute atomic E-state index is 12.1. The van der Waals surface area contributed by atoms with Crippen LogP contribution in [-0.4, -0.2) is 48.0 Å². The molecule has 0 unspecified atom stereocenters. The molecule has 1 fully saturated rings. The van der Waals surface area contributed by atoms with Crippen molar-refractivity contribution in [2.75, 3.05) is 36.4 Å². The van der Waals surface area contributed by atoms with Crippen LogP contribution in [0.5, 0.6) is 0 Å². The van der Waals surface area contributed by atoms with E-state index in [9.17, 15) is 9.59 Å². The van der Waals surface area contributed by atoms with Crippen LogP contribution in [0.1, 0.15) is 12.5 Å². The Balaban J connectivity index is 1.59. The van der Waals surface area contributed by atoms with Gasteiger partial charge in [-0.25, -0.2) is 0 Å². The molecule has 2 N–H and O–H groups in total. The van der Waals surface area contributed by atoms with Gasteiger partial charge in [-0.15, -0.1) is 0 Å². The molecule has 1 aliphatic heterocycles. The van der Waals surface area contributed by atoms with Crippen molar-refractivity contribution >= 4 is 46.6 Å². The number of carbonyl (C=O) groups is 2. The summed E-state index contributed by atoms with van der Waals surface area (Å²) >= 11 is 5.31. The number of thiocarbonyl (C=S) groups is 1. The average Bonchev–Trinajstić information content (AvgIpc) is 2.73. The maximum Gasteiger partial charge on any atom is 0.250 e. The standard InChI is InChI=1S/C22H24N4O2S/c1-17(27)25-13-15-26(16-14-25)20-10-6-5-9-19(20)23-22(29)24-21(28)12-11-18-7-3-2-4-8-18/h2-12H,13-16H2,1H3,(H2,23,24,28,29)/b12-11+. The molecule has 0 saturated carbocycles. The molecule has 1 heterocycles. The van der Waals surface area contributed by atoms with Crippen LogP contribution in [0.3, 0.4) is 0 Å². The largest absolute Gasteiger partial charge is 0.366 e. The molecule has 3 rings (SSSR count). The van der Waals surface area contributed by atoms with Gasteiger partial charge in [0.1, 0.15) is 0 Å². The van der Waals surface area contributed by atoms with Gasteiger partial charge in [-0.1, -0.05) is 42.5 Å². The zero-order valence-corrected chi connectivity index (χ0v) is 17.1. The molecule has 150 valence electrons. The summed E-state index contributed by atoms with van der Waals surface area (Å²) in [5, 5.41) is 6.03. The van der Waals surface area contributed by atoms with E-state index < -0.39 is 0 Å². The van der Waals surface area contributed by atoms with Crippen LogP contribution in [0.4, 0.5) is 11.4 Å². The quantitative estimate of drug-likeness (QED) is 0.602. The minimum atomic E-state index is -0.293. The van der Waals surface area contributed by atoms with Crippen molar-refractivity contribution in [1.82, 2.24) is 10.2 Å². The van der Waals surface area contributed by atoms with E-state index in [2.05, 4.69) is 15.5 Å². The van der Waals surface area contributed by atoms with Gasteiger partial charge in [-0.05, 0) is 36.0 Å². The first-order valence-electron chi connectivity index (χ1n) is 9.47. The normalized spacial score (nSPS) is 14.0. The number of hydrogen-bond donors (Lipinski definition) is 2. The maximum atomic E-state index is 12.1. The monoisotopic (exact) mass is 408 g/mol. The number of benzene rings is 2. The highest BCUT2D eigenvalue weighted by molar-refractivity contribution is 7.80. The zero-order valence-electron chi connectivity index (χ0n) is 16.3. The summed E-state index contributed by atoms with van der Waals surface area (Å²) < 4.78 is 0. The molecule has 0 aromatic heterocycles. The average molecular weight is 409 g/mol. The Morgan fingerprint density at radius 1 is 0.966 bits per heavy atom. The Labute approximate surface area is 176 Å². The molecular formula is C22H24N4O2S. The molecule has 29 heavy (non-hydrogen) atoms. The number of para-hydroxylation sites is 2. The van der Waals surface area contributed by atoms with E-state index in [-0.39, 0.29) is 16.9 Å². The SMILES string of the molecule is CC(=O)N1CCN(c2ccccc2NC(=S)NC(=O)/C=C/c2ccccc2)CC1. The summed E-state index contributed by atoms with van der Waals surface area (Å²) in [5.41, 5.74) is 2.75. The highest BCUT2D eigenvalue weighted by Gasteiger charge is 2.20. The highest BCUT2D eigenvalue weighted by Crippen LogP contribution is 2.26. The molecule has 1 saturated heterocycles. The van der Waals surface area contributed by atoms with Gasteiger partial charge in [0.2, 0.25) is 11.8 Å². The lowest BCUT2D eigenvalue weighted by molar-refractivity contribution is -0.129. The molecule has 0 radical (unpaired) electrons. The predicted octanol–water partition coefficient (Wildman–Crippen LogP) is 2.88. The molecule has 7 heteroatoms. The lowest BCUT2D eigenvalue weighted by Crippen LogP contribution is -2.48. The summed E-state index contributed by atoms with van der Waals surface area (Å²) in [5.74, 6) is -0.192. The molecule has 0 spiro atoms. The van der Waals surface area contributed by atoms with Crippen molar-refractivity contribution in [3.05, 3.63) is 66.2 Å². The number of carbonyl (C=O) groups excluding carboxylic acids is 2. The van der Waals surface area contributed by atoms with Crippen LogP contribution >= 0.6 is 12.2 Å². The van der Waals surface area contributed by atoms with Crippen LogP contribution in [0.15, 0.2) is 60.7 Å². The van der Waals surface area contributed by atoms with Crippen LogP contribution < -0.4 is 15.5 Å². The minimum absolute atomic E-state index is 0.100. The van der Waals surface area contributed by atoms with Gasteiger partial charge in [0.05, 0.1) is 11.4 Å². The number of hydrogen-bond acceptors (Lipinski definition) is 4. The van der Waals surface area contributed by atoms with Gasteiger partial charge in [0.15, 0.2) is 5.11 Å². The number of nitrogens with zero attached hydrogens (tertiary/aromatic N) is 2. The lowest BCUT2D eigenvalue weighted by atomic mass is 10.2. The zero-order chi connectivity index (χ0) is 20.6. The Morgan fingerprint density at radius 3 is 2.31 bits per heavy atom.